The van der Waals surface area contributed by atoms with Crippen LogP contribution >= 0.6 is 0 Å². The Morgan fingerprint density at radius 2 is 2.05 bits per heavy atom. The molecule has 2 fully saturated rings. The molecule has 1 N–H and O–H groups in total. The summed E-state index contributed by atoms with van der Waals surface area (Å²) < 4.78 is 0. The molecule has 0 aromatic rings. The van der Waals surface area contributed by atoms with Gasteiger partial charge in [-0.25, -0.2) is 0 Å². The molecule has 2 aliphatic carbocycles. The zero-order valence-electron chi connectivity index (χ0n) is 14.2. The Balaban J connectivity index is 1.62. The van der Waals surface area contributed by atoms with Gasteiger partial charge in [0.15, 0.2) is 0 Å². The van der Waals surface area contributed by atoms with E-state index in [1.54, 1.807) is 5.57 Å². The maximum atomic E-state index is 3.97. The summed E-state index contributed by atoms with van der Waals surface area (Å²) in [6, 6.07) is 0.736. The first-order valence-corrected chi connectivity index (χ1v) is 9.36. The molecule has 0 radical (unpaired) electrons. The molecule has 2 nitrogen and oxygen atoms in total. The van der Waals surface area contributed by atoms with Gasteiger partial charge >= 0.3 is 0 Å². The second-order valence-corrected chi connectivity index (χ2v) is 8.01. The molecule has 1 atom stereocenters. The average molecular weight is 290 g/mol. The topological polar surface area (TPSA) is 15.3 Å². The van der Waals surface area contributed by atoms with Crippen LogP contribution in [0.5, 0.6) is 0 Å². The minimum atomic E-state index is 0.452. The summed E-state index contributed by atoms with van der Waals surface area (Å²) in [5.74, 6) is 0.760. The van der Waals surface area contributed by atoms with Gasteiger partial charge in [-0.05, 0) is 44.4 Å². The third-order valence-corrected chi connectivity index (χ3v) is 6.10. The fraction of sp³-hybridized carbons (Fsp3) is 0.895. The lowest BCUT2D eigenvalue weighted by Crippen LogP contribution is -2.65. The Kier molecular flexibility index (Phi) is 5.06. The predicted octanol–water partition coefficient (Wildman–Crippen LogP) is 4.12. The van der Waals surface area contributed by atoms with Gasteiger partial charge in [0.1, 0.15) is 0 Å². The van der Waals surface area contributed by atoms with Crippen molar-refractivity contribution in [2.75, 3.05) is 19.6 Å². The number of nitrogens with zero attached hydrogens (tertiary/aromatic N) is 1. The van der Waals surface area contributed by atoms with Crippen molar-refractivity contribution in [3.05, 3.63) is 11.6 Å². The highest BCUT2D eigenvalue weighted by Gasteiger charge is 2.40. The molecule has 0 amide bonds. The largest absolute Gasteiger partial charge is 0.308 e. The van der Waals surface area contributed by atoms with Gasteiger partial charge in [-0.3, -0.25) is 4.90 Å². The molecule has 21 heavy (non-hydrogen) atoms. The molecule has 0 bridgehead atoms. The molecular weight excluding hydrogens is 256 g/mol. The Labute approximate surface area is 131 Å². The second-order valence-electron chi connectivity index (χ2n) is 8.01. The number of hydrogen-bond donors (Lipinski definition) is 1. The van der Waals surface area contributed by atoms with Crippen LogP contribution in [0.4, 0.5) is 0 Å². The van der Waals surface area contributed by atoms with E-state index in [9.17, 15) is 0 Å². The van der Waals surface area contributed by atoms with E-state index in [1.807, 2.05) is 0 Å². The highest BCUT2D eigenvalue weighted by molar-refractivity contribution is 5.08. The van der Waals surface area contributed by atoms with E-state index in [1.165, 1.54) is 77.4 Å². The summed E-state index contributed by atoms with van der Waals surface area (Å²) in [5.41, 5.74) is 2.18. The van der Waals surface area contributed by atoms with Crippen LogP contribution in [0, 0.1) is 5.92 Å². The van der Waals surface area contributed by atoms with Crippen LogP contribution in [0.25, 0.3) is 0 Å². The predicted molar refractivity (Wildman–Crippen MR) is 90.6 cm³/mol. The standard InChI is InChI=1S/C19H34N2/c1-16(2)18-14-20-19(11-6-3-7-12-19)15-21(18)13-10-17-8-4-5-9-17/h8,16,18,20H,3-7,9-15H2,1-2H3. The van der Waals surface area contributed by atoms with Crippen LogP contribution < -0.4 is 5.32 Å². The highest BCUT2D eigenvalue weighted by atomic mass is 15.3. The third kappa shape index (κ3) is 3.71. The molecule has 3 aliphatic rings. The van der Waals surface area contributed by atoms with Gasteiger partial charge in [-0.2, -0.15) is 0 Å². The Hall–Kier alpha value is -0.340. The number of nitrogens with one attached hydrogen (secondary N) is 1. The van der Waals surface area contributed by atoms with Crippen molar-refractivity contribution in [2.24, 2.45) is 5.92 Å². The van der Waals surface area contributed by atoms with Gasteiger partial charge in [0, 0.05) is 31.2 Å². The number of allylic oxidation sites excluding steroid dienone is 1. The molecule has 1 saturated carbocycles. The fourth-order valence-electron chi connectivity index (χ4n) is 4.73. The first kappa shape index (κ1) is 15.6. The molecule has 0 aromatic carbocycles. The Bertz CT molecular complexity index is 366. The SMILES string of the molecule is CC(C)C1CNC2(CCCCC2)CN1CCC1=CCCC1. The van der Waals surface area contributed by atoms with Gasteiger partial charge in [0.05, 0.1) is 0 Å². The van der Waals surface area contributed by atoms with Crippen molar-refractivity contribution >= 4 is 0 Å². The van der Waals surface area contributed by atoms with E-state index in [-0.39, 0.29) is 0 Å². The molecule has 1 unspecified atom stereocenters. The van der Waals surface area contributed by atoms with Crippen LogP contribution in [-0.4, -0.2) is 36.1 Å². The molecule has 1 aliphatic heterocycles. The summed E-state index contributed by atoms with van der Waals surface area (Å²) in [6.07, 6.45) is 15.0. The number of piperazine rings is 1. The van der Waals surface area contributed by atoms with Gasteiger partial charge < -0.3 is 5.32 Å². The van der Waals surface area contributed by atoms with Crippen LogP contribution in [-0.2, 0) is 0 Å². The van der Waals surface area contributed by atoms with E-state index in [2.05, 4.69) is 30.1 Å². The monoisotopic (exact) mass is 290 g/mol. The summed E-state index contributed by atoms with van der Waals surface area (Å²) in [5, 5.41) is 3.97. The minimum Gasteiger partial charge on any atom is -0.308 e. The fourth-order valence-corrected chi connectivity index (χ4v) is 4.73. The normalized spacial score (nSPS) is 30.0. The van der Waals surface area contributed by atoms with E-state index in [0.29, 0.717) is 5.54 Å². The van der Waals surface area contributed by atoms with Gasteiger partial charge in [-0.15, -0.1) is 0 Å². The first-order valence-electron chi connectivity index (χ1n) is 9.36. The quantitative estimate of drug-likeness (QED) is 0.784. The lowest BCUT2D eigenvalue weighted by Gasteiger charge is -2.51. The minimum absolute atomic E-state index is 0.452. The van der Waals surface area contributed by atoms with Crippen molar-refractivity contribution in [1.82, 2.24) is 10.2 Å². The van der Waals surface area contributed by atoms with Gasteiger partial charge in [0.2, 0.25) is 0 Å². The molecule has 3 rings (SSSR count). The summed E-state index contributed by atoms with van der Waals surface area (Å²) in [7, 11) is 0. The van der Waals surface area contributed by atoms with Gasteiger partial charge in [-0.1, -0.05) is 44.8 Å². The van der Waals surface area contributed by atoms with Crippen LogP contribution in [0.15, 0.2) is 11.6 Å². The van der Waals surface area contributed by atoms with Crippen molar-refractivity contribution in [1.29, 1.82) is 0 Å². The Morgan fingerprint density at radius 3 is 2.71 bits per heavy atom. The molecule has 2 heteroatoms. The van der Waals surface area contributed by atoms with E-state index >= 15 is 0 Å². The van der Waals surface area contributed by atoms with E-state index in [0.717, 1.165) is 12.0 Å². The van der Waals surface area contributed by atoms with Crippen LogP contribution in [0.3, 0.4) is 0 Å². The van der Waals surface area contributed by atoms with E-state index in [4.69, 9.17) is 0 Å². The highest BCUT2D eigenvalue weighted by Crippen LogP contribution is 2.33. The van der Waals surface area contributed by atoms with Crippen molar-refractivity contribution < 1.29 is 0 Å². The summed E-state index contributed by atoms with van der Waals surface area (Å²) in [4.78, 5) is 2.84. The second kappa shape index (κ2) is 6.83. The van der Waals surface area contributed by atoms with E-state index < -0.39 is 0 Å². The number of hydrogen-bond acceptors (Lipinski definition) is 2. The maximum absolute atomic E-state index is 3.97. The zero-order valence-corrected chi connectivity index (χ0v) is 14.2. The molecule has 120 valence electrons. The van der Waals surface area contributed by atoms with Crippen molar-refractivity contribution in [3.8, 4) is 0 Å². The zero-order chi connectivity index (χ0) is 14.7. The Morgan fingerprint density at radius 1 is 1.24 bits per heavy atom. The molecule has 1 saturated heterocycles. The van der Waals surface area contributed by atoms with Crippen molar-refractivity contribution in [3.63, 3.8) is 0 Å². The van der Waals surface area contributed by atoms with Crippen LogP contribution in [0.1, 0.15) is 71.6 Å². The molecular formula is C19H34N2. The average Bonchev–Trinajstić information content (AvgIpc) is 2.99. The smallest absolute Gasteiger partial charge is 0.0309 e. The number of rotatable bonds is 4. The first-order chi connectivity index (χ1) is 10.2. The van der Waals surface area contributed by atoms with Crippen molar-refractivity contribution in [2.45, 2.75) is 83.2 Å². The summed E-state index contributed by atoms with van der Waals surface area (Å²) >= 11 is 0. The lowest BCUT2D eigenvalue weighted by atomic mass is 9.78. The molecule has 1 heterocycles. The summed E-state index contributed by atoms with van der Waals surface area (Å²) in [6.45, 7) is 8.58. The maximum Gasteiger partial charge on any atom is 0.0309 e. The third-order valence-electron chi connectivity index (χ3n) is 6.10. The molecule has 0 aromatic heterocycles. The lowest BCUT2D eigenvalue weighted by molar-refractivity contribution is 0.0373. The van der Waals surface area contributed by atoms with Gasteiger partial charge in [0.25, 0.3) is 0 Å². The molecule has 1 spiro atoms. The van der Waals surface area contributed by atoms with Crippen LogP contribution in [0.2, 0.25) is 0 Å².